The minimum atomic E-state index is -0.389. The van der Waals surface area contributed by atoms with E-state index in [2.05, 4.69) is 26.3 Å². The van der Waals surface area contributed by atoms with Gasteiger partial charge >= 0.3 is 0 Å². The highest BCUT2D eigenvalue weighted by molar-refractivity contribution is 9.10. The van der Waals surface area contributed by atoms with Crippen LogP contribution in [0.4, 0.5) is 10.1 Å². The first-order chi connectivity index (χ1) is 7.81. The van der Waals surface area contributed by atoms with E-state index in [1.165, 1.54) is 0 Å². The van der Waals surface area contributed by atoms with Crippen LogP contribution in [0.2, 0.25) is 0 Å². The zero-order chi connectivity index (χ0) is 11.4. The number of nitrogens with one attached hydrogen (secondary N) is 1. The Morgan fingerprint density at radius 3 is 2.94 bits per heavy atom. The number of alkyl halides is 1. The summed E-state index contributed by atoms with van der Waals surface area (Å²) in [5, 5.41) is 7.13. The Hall–Kier alpha value is -1.36. The van der Waals surface area contributed by atoms with Crippen LogP contribution in [0.1, 0.15) is 0 Å². The van der Waals surface area contributed by atoms with E-state index in [4.69, 9.17) is 0 Å². The summed E-state index contributed by atoms with van der Waals surface area (Å²) in [6, 6.07) is 7.79. The van der Waals surface area contributed by atoms with Gasteiger partial charge in [-0.2, -0.15) is 5.10 Å². The van der Waals surface area contributed by atoms with Gasteiger partial charge in [0.2, 0.25) is 0 Å². The van der Waals surface area contributed by atoms with Gasteiger partial charge in [-0.15, -0.1) is 0 Å². The second-order valence-corrected chi connectivity index (χ2v) is 4.10. The Balaban J connectivity index is 2.22. The molecule has 1 heterocycles. The Labute approximate surface area is 101 Å². The number of hydrogen-bond donors (Lipinski definition) is 1. The van der Waals surface area contributed by atoms with Crippen LogP contribution >= 0.6 is 15.9 Å². The van der Waals surface area contributed by atoms with Crippen molar-refractivity contribution in [3.63, 3.8) is 0 Å². The van der Waals surface area contributed by atoms with Gasteiger partial charge in [0, 0.05) is 11.0 Å². The van der Waals surface area contributed by atoms with Gasteiger partial charge in [-0.3, -0.25) is 0 Å². The molecule has 5 heteroatoms. The van der Waals surface area contributed by atoms with Crippen molar-refractivity contribution in [1.82, 2.24) is 9.78 Å². The molecule has 3 nitrogen and oxygen atoms in total. The number of para-hydroxylation sites is 1. The lowest BCUT2D eigenvalue weighted by molar-refractivity contribution is 0.513. The summed E-state index contributed by atoms with van der Waals surface area (Å²) >= 11 is 3.45. The van der Waals surface area contributed by atoms with Gasteiger partial charge in [0.15, 0.2) is 0 Å². The SMILES string of the molecule is FCCNc1cnn(-c2ccccc2Br)c1. The monoisotopic (exact) mass is 283 g/mol. The molecule has 84 valence electrons. The lowest BCUT2D eigenvalue weighted by Crippen LogP contribution is -2.01. The van der Waals surface area contributed by atoms with Crippen LogP contribution in [0.5, 0.6) is 0 Å². The van der Waals surface area contributed by atoms with Crippen LogP contribution in [0.25, 0.3) is 5.69 Å². The summed E-state index contributed by atoms with van der Waals surface area (Å²) in [4.78, 5) is 0. The number of hydrogen-bond acceptors (Lipinski definition) is 2. The van der Waals surface area contributed by atoms with Gasteiger partial charge in [-0.25, -0.2) is 9.07 Å². The topological polar surface area (TPSA) is 29.9 Å². The fraction of sp³-hybridized carbons (Fsp3) is 0.182. The smallest absolute Gasteiger partial charge is 0.107 e. The second kappa shape index (κ2) is 5.12. The summed E-state index contributed by atoms with van der Waals surface area (Å²) < 4.78 is 14.7. The average Bonchev–Trinajstić information content (AvgIpc) is 2.75. The van der Waals surface area contributed by atoms with E-state index in [-0.39, 0.29) is 6.67 Å². The van der Waals surface area contributed by atoms with E-state index in [0.29, 0.717) is 6.54 Å². The highest BCUT2D eigenvalue weighted by Gasteiger charge is 2.03. The zero-order valence-corrected chi connectivity index (χ0v) is 10.1. The third-order valence-electron chi connectivity index (χ3n) is 2.11. The first-order valence-corrected chi connectivity index (χ1v) is 5.70. The third-order valence-corrected chi connectivity index (χ3v) is 2.78. The van der Waals surface area contributed by atoms with E-state index in [1.54, 1.807) is 10.9 Å². The van der Waals surface area contributed by atoms with E-state index >= 15 is 0 Å². The van der Waals surface area contributed by atoms with Crippen LogP contribution in [-0.4, -0.2) is 23.0 Å². The lowest BCUT2D eigenvalue weighted by atomic mass is 10.3. The molecule has 2 aromatic rings. The summed E-state index contributed by atoms with van der Waals surface area (Å²) in [6.07, 6.45) is 3.50. The quantitative estimate of drug-likeness (QED) is 0.935. The molecule has 0 radical (unpaired) electrons. The molecule has 16 heavy (non-hydrogen) atoms. The average molecular weight is 284 g/mol. The van der Waals surface area contributed by atoms with Crippen LogP contribution in [0.3, 0.4) is 0 Å². The van der Waals surface area contributed by atoms with Crippen molar-refractivity contribution >= 4 is 21.6 Å². The fourth-order valence-corrected chi connectivity index (χ4v) is 1.84. The molecule has 0 saturated heterocycles. The Morgan fingerprint density at radius 1 is 1.38 bits per heavy atom. The van der Waals surface area contributed by atoms with Gasteiger partial charge in [-0.05, 0) is 28.1 Å². The largest absolute Gasteiger partial charge is 0.380 e. The summed E-state index contributed by atoms with van der Waals surface area (Å²) in [7, 11) is 0. The number of halogens is 2. The van der Waals surface area contributed by atoms with Crippen molar-refractivity contribution in [1.29, 1.82) is 0 Å². The molecule has 0 amide bonds. The summed E-state index contributed by atoms with van der Waals surface area (Å²) in [5.41, 5.74) is 1.77. The highest BCUT2D eigenvalue weighted by Crippen LogP contribution is 2.20. The van der Waals surface area contributed by atoms with Crippen LogP contribution < -0.4 is 5.32 Å². The van der Waals surface area contributed by atoms with Crippen molar-refractivity contribution in [2.24, 2.45) is 0 Å². The van der Waals surface area contributed by atoms with E-state index < -0.39 is 0 Å². The van der Waals surface area contributed by atoms with Crippen LogP contribution in [0, 0.1) is 0 Å². The minimum Gasteiger partial charge on any atom is -0.380 e. The molecule has 0 saturated carbocycles. The van der Waals surface area contributed by atoms with Gasteiger partial charge in [-0.1, -0.05) is 12.1 Å². The standard InChI is InChI=1S/C11H11BrFN3/c12-10-3-1-2-4-11(10)16-8-9(7-15-16)14-6-5-13/h1-4,7-8,14H,5-6H2. The molecule has 0 aliphatic rings. The van der Waals surface area contributed by atoms with Gasteiger partial charge in [0.05, 0.1) is 23.8 Å². The molecular formula is C11H11BrFN3. The Kier molecular flexibility index (Phi) is 3.56. The molecule has 1 aromatic heterocycles. The number of nitrogens with zero attached hydrogens (tertiary/aromatic N) is 2. The van der Waals surface area contributed by atoms with Gasteiger partial charge in [0.25, 0.3) is 0 Å². The maximum Gasteiger partial charge on any atom is 0.107 e. The van der Waals surface area contributed by atoms with Gasteiger partial charge in [0.1, 0.15) is 6.67 Å². The van der Waals surface area contributed by atoms with Gasteiger partial charge < -0.3 is 5.32 Å². The number of aromatic nitrogens is 2. The predicted molar refractivity (Wildman–Crippen MR) is 65.7 cm³/mol. The molecule has 0 bridgehead atoms. The number of anilines is 1. The molecule has 0 atom stereocenters. The molecule has 0 fully saturated rings. The fourth-order valence-electron chi connectivity index (χ4n) is 1.37. The minimum absolute atomic E-state index is 0.307. The molecule has 0 unspecified atom stereocenters. The normalized spacial score (nSPS) is 10.4. The third kappa shape index (κ3) is 2.41. The van der Waals surface area contributed by atoms with E-state index in [0.717, 1.165) is 15.8 Å². The van der Waals surface area contributed by atoms with Crippen molar-refractivity contribution < 1.29 is 4.39 Å². The molecular weight excluding hydrogens is 273 g/mol. The first-order valence-electron chi connectivity index (χ1n) is 4.90. The molecule has 2 rings (SSSR count). The van der Waals surface area contributed by atoms with Crippen molar-refractivity contribution in [2.45, 2.75) is 0 Å². The van der Waals surface area contributed by atoms with E-state index in [9.17, 15) is 4.39 Å². The zero-order valence-electron chi connectivity index (χ0n) is 8.53. The maximum absolute atomic E-state index is 12.0. The molecule has 1 N–H and O–H groups in total. The first kappa shape index (κ1) is 11.1. The predicted octanol–water partition coefficient (Wildman–Crippen LogP) is 3.02. The second-order valence-electron chi connectivity index (χ2n) is 3.24. The Morgan fingerprint density at radius 2 is 2.19 bits per heavy atom. The van der Waals surface area contributed by atoms with Crippen molar-refractivity contribution in [3.8, 4) is 5.69 Å². The molecule has 0 aliphatic heterocycles. The molecule has 0 spiro atoms. The number of benzene rings is 1. The number of rotatable bonds is 4. The van der Waals surface area contributed by atoms with Crippen LogP contribution in [0.15, 0.2) is 41.1 Å². The highest BCUT2D eigenvalue weighted by atomic mass is 79.9. The summed E-state index contributed by atoms with van der Waals surface area (Å²) in [5.74, 6) is 0. The Bertz CT molecular complexity index is 470. The lowest BCUT2D eigenvalue weighted by Gasteiger charge is -2.03. The maximum atomic E-state index is 12.0. The molecule has 0 aliphatic carbocycles. The van der Waals surface area contributed by atoms with E-state index in [1.807, 2.05) is 30.5 Å². The van der Waals surface area contributed by atoms with Crippen molar-refractivity contribution in [3.05, 3.63) is 41.1 Å². The van der Waals surface area contributed by atoms with Crippen molar-refractivity contribution in [2.75, 3.05) is 18.5 Å². The summed E-state index contributed by atoms with van der Waals surface area (Å²) in [6.45, 7) is -0.0815. The molecule has 1 aromatic carbocycles. The van der Waals surface area contributed by atoms with Crippen LogP contribution in [-0.2, 0) is 0 Å².